The Morgan fingerprint density at radius 1 is 1.60 bits per heavy atom. The Morgan fingerprint density at radius 2 is 2.27 bits per heavy atom. The van der Waals surface area contributed by atoms with Crippen molar-refractivity contribution in [1.29, 1.82) is 5.41 Å². The van der Waals surface area contributed by atoms with Crippen molar-refractivity contribution in [3.8, 4) is 0 Å². The van der Waals surface area contributed by atoms with Crippen molar-refractivity contribution < 1.29 is 9.18 Å². The summed E-state index contributed by atoms with van der Waals surface area (Å²) in [6.45, 7) is 1.68. The lowest BCUT2D eigenvalue weighted by Gasteiger charge is -2.08. The van der Waals surface area contributed by atoms with Gasteiger partial charge in [-0.25, -0.2) is 4.39 Å². The Bertz CT molecular complexity index is 402. The molecule has 0 aliphatic heterocycles. The van der Waals surface area contributed by atoms with Crippen LogP contribution >= 0.6 is 0 Å². The molecule has 0 saturated carbocycles. The zero-order chi connectivity index (χ0) is 11.4. The standard InChI is InChI=1S/C11H13FN2O/c1-3-10(15)7-4-5-9(14-2)8(6-13)11(7)12/h4-6,13-14H,3H2,1-2H3. The number of carbonyl (C=O) groups is 1. The molecule has 3 nitrogen and oxygen atoms in total. The van der Waals surface area contributed by atoms with E-state index >= 15 is 0 Å². The number of carbonyl (C=O) groups excluding carboxylic acids is 1. The highest BCUT2D eigenvalue weighted by atomic mass is 19.1. The van der Waals surface area contributed by atoms with Crippen LogP contribution in [0.3, 0.4) is 0 Å². The van der Waals surface area contributed by atoms with Crippen LogP contribution in [0.1, 0.15) is 29.3 Å². The van der Waals surface area contributed by atoms with Crippen LogP contribution in [-0.4, -0.2) is 19.0 Å². The van der Waals surface area contributed by atoms with Crippen molar-refractivity contribution in [2.45, 2.75) is 13.3 Å². The average Bonchev–Trinajstić information content (AvgIpc) is 2.27. The van der Waals surface area contributed by atoms with Gasteiger partial charge in [0.2, 0.25) is 0 Å². The molecule has 1 aromatic rings. The number of anilines is 1. The molecule has 0 aromatic heterocycles. The Hall–Kier alpha value is -1.71. The van der Waals surface area contributed by atoms with Gasteiger partial charge in [0, 0.05) is 25.4 Å². The maximum Gasteiger partial charge on any atom is 0.165 e. The van der Waals surface area contributed by atoms with E-state index < -0.39 is 5.82 Å². The molecule has 2 N–H and O–H groups in total. The summed E-state index contributed by atoms with van der Waals surface area (Å²) in [4.78, 5) is 11.4. The highest BCUT2D eigenvalue weighted by Crippen LogP contribution is 2.21. The predicted octanol–water partition coefficient (Wildman–Crippen LogP) is 2.46. The molecule has 4 heteroatoms. The van der Waals surface area contributed by atoms with Gasteiger partial charge in [0.15, 0.2) is 5.78 Å². The molecule has 0 heterocycles. The second kappa shape index (κ2) is 4.68. The molecule has 0 spiro atoms. The Labute approximate surface area is 87.8 Å². The largest absolute Gasteiger partial charge is 0.388 e. The minimum atomic E-state index is -0.622. The van der Waals surface area contributed by atoms with Gasteiger partial charge in [-0.15, -0.1) is 0 Å². The van der Waals surface area contributed by atoms with Crippen LogP contribution in [0.15, 0.2) is 12.1 Å². The number of hydrogen-bond acceptors (Lipinski definition) is 3. The maximum absolute atomic E-state index is 13.7. The van der Waals surface area contributed by atoms with Gasteiger partial charge in [-0.2, -0.15) is 0 Å². The van der Waals surface area contributed by atoms with Gasteiger partial charge in [0.1, 0.15) is 5.82 Å². The summed E-state index contributed by atoms with van der Waals surface area (Å²) in [6.07, 6.45) is 1.17. The number of benzene rings is 1. The number of Topliss-reactive ketones (excluding diaryl/α,β-unsaturated/α-hetero) is 1. The monoisotopic (exact) mass is 208 g/mol. The first-order chi connectivity index (χ1) is 7.15. The Morgan fingerprint density at radius 3 is 2.73 bits per heavy atom. The topological polar surface area (TPSA) is 53.0 Å². The second-order valence-electron chi connectivity index (χ2n) is 3.06. The highest BCUT2D eigenvalue weighted by Gasteiger charge is 2.15. The van der Waals surface area contributed by atoms with Gasteiger partial charge in [-0.1, -0.05) is 6.92 Å². The van der Waals surface area contributed by atoms with Crippen LogP contribution in [0.4, 0.5) is 10.1 Å². The molecule has 0 bridgehead atoms. The molecular weight excluding hydrogens is 195 g/mol. The van der Waals surface area contributed by atoms with Crippen molar-refractivity contribution in [2.75, 3.05) is 12.4 Å². The summed E-state index contributed by atoms with van der Waals surface area (Å²) < 4.78 is 13.7. The van der Waals surface area contributed by atoms with E-state index in [-0.39, 0.29) is 23.3 Å². The summed E-state index contributed by atoms with van der Waals surface area (Å²) in [6, 6.07) is 3.05. The van der Waals surface area contributed by atoms with E-state index in [4.69, 9.17) is 5.41 Å². The maximum atomic E-state index is 13.7. The number of rotatable bonds is 4. The molecule has 1 aromatic carbocycles. The summed E-state index contributed by atoms with van der Waals surface area (Å²) >= 11 is 0. The third-order valence-electron chi connectivity index (χ3n) is 2.21. The van der Waals surface area contributed by atoms with E-state index in [9.17, 15) is 9.18 Å². The quantitative estimate of drug-likeness (QED) is 0.590. The zero-order valence-corrected chi connectivity index (χ0v) is 8.73. The number of halogens is 1. The summed E-state index contributed by atoms with van der Waals surface area (Å²) in [7, 11) is 1.64. The summed E-state index contributed by atoms with van der Waals surface area (Å²) in [5, 5.41) is 9.88. The van der Waals surface area contributed by atoms with Crippen LogP contribution in [-0.2, 0) is 0 Å². The molecule has 0 aliphatic carbocycles. The fourth-order valence-corrected chi connectivity index (χ4v) is 1.36. The lowest BCUT2D eigenvalue weighted by molar-refractivity contribution is 0.0984. The first-order valence-electron chi connectivity index (χ1n) is 4.69. The minimum absolute atomic E-state index is 0.0509. The van der Waals surface area contributed by atoms with Crippen LogP contribution in [0.2, 0.25) is 0 Å². The molecule has 1 rings (SSSR count). The number of nitrogens with one attached hydrogen (secondary N) is 2. The lowest BCUT2D eigenvalue weighted by atomic mass is 10.0. The van der Waals surface area contributed by atoms with Gasteiger partial charge in [-0.3, -0.25) is 4.79 Å². The van der Waals surface area contributed by atoms with E-state index in [1.807, 2.05) is 0 Å². The average molecular weight is 208 g/mol. The van der Waals surface area contributed by atoms with E-state index in [2.05, 4.69) is 5.32 Å². The van der Waals surface area contributed by atoms with Crippen molar-refractivity contribution in [3.63, 3.8) is 0 Å². The molecule has 0 aliphatic rings. The van der Waals surface area contributed by atoms with E-state index in [0.717, 1.165) is 6.21 Å². The molecule has 0 saturated heterocycles. The lowest BCUT2D eigenvalue weighted by Crippen LogP contribution is -2.06. The Kier molecular flexibility index (Phi) is 3.55. The third kappa shape index (κ3) is 2.03. The number of hydrogen-bond donors (Lipinski definition) is 2. The Balaban J connectivity index is 3.35. The molecule has 0 radical (unpaired) electrons. The predicted molar refractivity (Wildman–Crippen MR) is 58.5 cm³/mol. The molecular formula is C11H13FN2O. The van der Waals surface area contributed by atoms with Gasteiger partial charge in [0.05, 0.1) is 11.1 Å². The second-order valence-corrected chi connectivity index (χ2v) is 3.06. The van der Waals surface area contributed by atoms with Gasteiger partial charge >= 0.3 is 0 Å². The van der Waals surface area contributed by atoms with Crippen LogP contribution < -0.4 is 5.32 Å². The first kappa shape index (κ1) is 11.4. The van der Waals surface area contributed by atoms with Crippen molar-refractivity contribution in [2.24, 2.45) is 0 Å². The van der Waals surface area contributed by atoms with Crippen molar-refractivity contribution >= 4 is 17.7 Å². The van der Waals surface area contributed by atoms with E-state index in [0.29, 0.717) is 5.69 Å². The van der Waals surface area contributed by atoms with E-state index in [1.165, 1.54) is 6.07 Å². The zero-order valence-electron chi connectivity index (χ0n) is 8.73. The summed E-state index contributed by atoms with van der Waals surface area (Å²) in [5.41, 5.74) is 0.682. The fourth-order valence-electron chi connectivity index (χ4n) is 1.36. The summed E-state index contributed by atoms with van der Waals surface area (Å²) in [5.74, 6) is -0.873. The normalized spacial score (nSPS) is 9.80. The molecule has 0 atom stereocenters. The van der Waals surface area contributed by atoms with Crippen molar-refractivity contribution in [1.82, 2.24) is 0 Å². The molecule has 0 amide bonds. The van der Waals surface area contributed by atoms with Crippen LogP contribution in [0.5, 0.6) is 0 Å². The smallest absolute Gasteiger partial charge is 0.165 e. The van der Waals surface area contributed by atoms with Gasteiger partial charge in [0.25, 0.3) is 0 Å². The van der Waals surface area contributed by atoms with Crippen LogP contribution in [0, 0.1) is 11.2 Å². The molecule has 80 valence electrons. The van der Waals surface area contributed by atoms with Crippen molar-refractivity contribution in [3.05, 3.63) is 29.1 Å². The molecule has 0 unspecified atom stereocenters. The minimum Gasteiger partial charge on any atom is -0.388 e. The SMILES string of the molecule is CCC(=O)c1ccc(NC)c(C=N)c1F. The van der Waals surface area contributed by atoms with Gasteiger partial charge in [-0.05, 0) is 12.1 Å². The first-order valence-corrected chi connectivity index (χ1v) is 4.69. The number of ketones is 1. The van der Waals surface area contributed by atoms with Gasteiger partial charge < -0.3 is 10.7 Å². The third-order valence-corrected chi connectivity index (χ3v) is 2.21. The van der Waals surface area contributed by atoms with Crippen LogP contribution in [0.25, 0.3) is 0 Å². The van der Waals surface area contributed by atoms with E-state index in [1.54, 1.807) is 20.0 Å². The molecule has 15 heavy (non-hydrogen) atoms. The highest BCUT2D eigenvalue weighted by molar-refractivity contribution is 5.99. The molecule has 0 fully saturated rings. The fraction of sp³-hybridized carbons (Fsp3) is 0.273.